The van der Waals surface area contributed by atoms with E-state index in [1.54, 1.807) is 12.1 Å². The van der Waals surface area contributed by atoms with Crippen molar-refractivity contribution in [1.29, 1.82) is 0 Å². The van der Waals surface area contributed by atoms with Gasteiger partial charge in [0.2, 0.25) is 21.8 Å². The highest BCUT2D eigenvalue weighted by Gasteiger charge is 2.41. The van der Waals surface area contributed by atoms with Crippen LogP contribution in [0.25, 0.3) is 28.2 Å². The number of alkyl carbamates (subject to hydrolysis) is 1. The number of nitrogens with one attached hydrogen (secondary N) is 4. The quantitative estimate of drug-likeness (QED) is 0.162. The summed E-state index contributed by atoms with van der Waals surface area (Å²) in [5, 5.41) is 5.43. The molecule has 3 aromatic rings. The van der Waals surface area contributed by atoms with Crippen LogP contribution in [0.15, 0.2) is 71.6 Å². The zero-order valence-electron chi connectivity index (χ0n) is 34.0. The Bertz CT molecular complexity index is 2280. The predicted molar refractivity (Wildman–Crippen MR) is 228 cm³/mol. The molecule has 2 aliphatic carbocycles. The summed E-state index contributed by atoms with van der Waals surface area (Å²) in [4.78, 5) is 72.0. The number of nitrogens with zero attached hydrogens (tertiary/aromatic N) is 1. The van der Waals surface area contributed by atoms with Gasteiger partial charge in [0.05, 0.1) is 23.5 Å². The van der Waals surface area contributed by atoms with Gasteiger partial charge < -0.3 is 30.0 Å². The summed E-state index contributed by atoms with van der Waals surface area (Å²) in [5.74, 6) is -1.14. The Morgan fingerprint density at radius 2 is 1.75 bits per heavy atom. The monoisotopic (exact) mass is 841 g/mol. The number of H-pyrrole nitrogens is 1. The topological polar surface area (TPSA) is 193 Å². The molecule has 1 unspecified atom stereocenters. The molecule has 2 saturated carbocycles. The van der Waals surface area contributed by atoms with Gasteiger partial charge in [0.1, 0.15) is 23.9 Å². The molecule has 3 fully saturated rings. The molecular weight excluding hydrogens is 787 g/mol. The molecule has 60 heavy (non-hydrogen) atoms. The maximum Gasteiger partial charge on any atom is 0.407 e. The lowest BCUT2D eigenvalue weighted by Crippen LogP contribution is -2.56. The number of sulfonamides is 1. The van der Waals surface area contributed by atoms with Crippen molar-refractivity contribution in [1.82, 2.24) is 25.2 Å². The number of benzene rings is 2. The minimum absolute atomic E-state index is 0.0789. The Hall–Kier alpha value is -5.44. The average Bonchev–Trinajstić information content (AvgIpc) is 4.18. The van der Waals surface area contributed by atoms with Gasteiger partial charge in [-0.2, -0.15) is 0 Å². The standard InChI is InChI=1S/C45H55N5O9S/c1-29(13-11-16-31-25-34-38(27-41(31)59-32-20-21-32)46-37(26-40(34)51)30-14-7-6-8-15-30)28-58-45(55)48-36-18-10-5-3-2-4-9-17-35(42(52)49-60(56,57)33-22-23-33)47-43(53)39-19-12-24-50(39)44(36)54/h4,6-9,11,14-16,25-27,29,32-33,35-36,39H,2-3,5,10,12-13,17-24,28H2,1H3,(H,46,51)(H,47,53)(H,48,55)(H,49,52)/b9-4-,16-11+/t29-,35?,36+,39+/m1/s1. The van der Waals surface area contributed by atoms with Crippen LogP contribution in [0.5, 0.6) is 5.75 Å². The smallest absolute Gasteiger partial charge is 0.407 e. The molecule has 320 valence electrons. The second-order valence-electron chi connectivity index (χ2n) is 16.5. The van der Waals surface area contributed by atoms with E-state index < -0.39 is 57.2 Å². The first-order chi connectivity index (χ1) is 28.9. The van der Waals surface area contributed by atoms with Crippen LogP contribution in [-0.2, 0) is 29.1 Å². The Kier molecular flexibility index (Phi) is 13.7. The normalized spacial score (nSPS) is 22.9. The van der Waals surface area contributed by atoms with E-state index in [2.05, 4.69) is 20.3 Å². The largest absolute Gasteiger partial charge is 0.490 e. The van der Waals surface area contributed by atoms with E-state index in [1.165, 1.54) is 4.90 Å². The summed E-state index contributed by atoms with van der Waals surface area (Å²) in [6, 6.07) is 12.1. The molecule has 4 N–H and O–H groups in total. The molecule has 3 heterocycles. The number of carbonyl (C=O) groups excluding carboxylic acids is 4. The first kappa shape index (κ1) is 42.7. The molecule has 4 amide bonds. The summed E-state index contributed by atoms with van der Waals surface area (Å²) in [6.07, 6.45) is 14.8. The lowest BCUT2D eigenvalue weighted by molar-refractivity contribution is -0.140. The lowest BCUT2D eigenvalue weighted by Gasteiger charge is -2.29. The molecule has 0 spiro atoms. The fourth-order valence-electron chi connectivity index (χ4n) is 7.63. The molecule has 0 radical (unpaired) electrons. The van der Waals surface area contributed by atoms with Gasteiger partial charge in [0.15, 0.2) is 5.43 Å². The summed E-state index contributed by atoms with van der Waals surface area (Å²) in [7, 11) is -3.82. The zero-order chi connectivity index (χ0) is 42.2. The Morgan fingerprint density at radius 3 is 2.52 bits per heavy atom. The molecule has 4 aliphatic rings. The molecule has 15 heteroatoms. The molecule has 1 saturated heterocycles. The van der Waals surface area contributed by atoms with Gasteiger partial charge in [0, 0.05) is 35.3 Å². The van der Waals surface area contributed by atoms with Crippen molar-refractivity contribution in [3.05, 3.63) is 82.5 Å². The first-order valence-corrected chi connectivity index (χ1v) is 22.8. The fourth-order valence-corrected chi connectivity index (χ4v) is 8.98. The molecule has 7 rings (SSSR count). The SMILES string of the molecule is C[C@H](C/C=C/c1cc2c(=O)cc(-c3ccccc3)[nH]c2cc1OC1CC1)COC(=O)N[C@H]1CCCCC/C=C\CC(C(=O)NS(=O)(=O)C2CC2)NC(=O)[C@@H]2CCCN2C1=O. The molecule has 2 aromatic carbocycles. The van der Waals surface area contributed by atoms with E-state index in [4.69, 9.17) is 9.47 Å². The number of allylic oxidation sites excluding steroid dienone is 2. The minimum atomic E-state index is -3.82. The number of aromatic nitrogens is 1. The minimum Gasteiger partial charge on any atom is -0.490 e. The van der Waals surface area contributed by atoms with E-state index >= 15 is 0 Å². The van der Waals surface area contributed by atoms with E-state index in [0.717, 1.165) is 42.5 Å². The van der Waals surface area contributed by atoms with Crippen LogP contribution < -0.4 is 25.5 Å². The van der Waals surface area contributed by atoms with Gasteiger partial charge in [-0.15, -0.1) is 0 Å². The fraction of sp³-hybridized carbons (Fsp3) is 0.489. The number of fused-ring (bicyclic) bond motifs is 2. The van der Waals surface area contributed by atoms with Crippen molar-refractivity contribution >= 4 is 50.8 Å². The first-order valence-electron chi connectivity index (χ1n) is 21.3. The van der Waals surface area contributed by atoms with Crippen LogP contribution in [0.4, 0.5) is 4.79 Å². The van der Waals surface area contributed by atoms with Crippen molar-refractivity contribution in [2.75, 3.05) is 13.2 Å². The van der Waals surface area contributed by atoms with Gasteiger partial charge in [-0.1, -0.05) is 74.4 Å². The van der Waals surface area contributed by atoms with Crippen molar-refractivity contribution in [3.63, 3.8) is 0 Å². The summed E-state index contributed by atoms with van der Waals surface area (Å²) < 4.78 is 39.0. The second kappa shape index (κ2) is 19.3. The van der Waals surface area contributed by atoms with Crippen LogP contribution in [0.1, 0.15) is 96.0 Å². The van der Waals surface area contributed by atoms with Crippen LogP contribution in [0.2, 0.25) is 0 Å². The Morgan fingerprint density at radius 1 is 0.950 bits per heavy atom. The van der Waals surface area contributed by atoms with E-state index in [9.17, 15) is 32.4 Å². The zero-order valence-corrected chi connectivity index (χ0v) is 34.8. The van der Waals surface area contributed by atoms with Crippen LogP contribution in [0.3, 0.4) is 0 Å². The third kappa shape index (κ3) is 11.2. The number of hydrogen-bond donors (Lipinski definition) is 4. The Balaban J connectivity index is 0.963. The van der Waals surface area contributed by atoms with Crippen LogP contribution in [0, 0.1) is 5.92 Å². The van der Waals surface area contributed by atoms with Gasteiger partial charge in [-0.05, 0) is 88.2 Å². The third-order valence-corrected chi connectivity index (χ3v) is 13.2. The van der Waals surface area contributed by atoms with Gasteiger partial charge >= 0.3 is 6.09 Å². The molecule has 2 aliphatic heterocycles. The number of amides is 4. The average molecular weight is 842 g/mol. The lowest BCUT2D eigenvalue weighted by atomic mass is 10.0. The van der Waals surface area contributed by atoms with Crippen molar-refractivity contribution < 1.29 is 37.1 Å². The maximum atomic E-state index is 14.0. The van der Waals surface area contributed by atoms with Crippen LogP contribution >= 0.6 is 0 Å². The van der Waals surface area contributed by atoms with E-state index in [0.29, 0.717) is 74.6 Å². The number of hydrogen-bond acceptors (Lipinski definition) is 9. The van der Waals surface area contributed by atoms with Crippen LogP contribution in [-0.4, -0.2) is 84.7 Å². The highest BCUT2D eigenvalue weighted by molar-refractivity contribution is 7.90. The van der Waals surface area contributed by atoms with Crippen molar-refractivity contribution in [2.24, 2.45) is 5.92 Å². The molecule has 1 aromatic heterocycles. The molecular formula is C45H55N5O9S. The number of ether oxygens (including phenoxy) is 2. The molecule has 0 bridgehead atoms. The maximum absolute atomic E-state index is 14.0. The number of rotatable bonds is 12. The predicted octanol–water partition coefficient (Wildman–Crippen LogP) is 5.87. The summed E-state index contributed by atoms with van der Waals surface area (Å²) >= 11 is 0. The highest BCUT2D eigenvalue weighted by Crippen LogP contribution is 2.33. The Labute approximate surface area is 350 Å². The number of carbonyl (C=O) groups is 4. The van der Waals surface area contributed by atoms with Crippen molar-refractivity contribution in [3.8, 4) is 17.0 Å². The highest BCUT2D eigenvalue weighted by atomic mass is 32.2. The van der Waals surface area contributed by atoms with Gasteiger partial charge in [-0.25, -0.2) is 13.2 Å². The number of aromatic amines is 1. The summed E-state index contributed by atoms with van der Waals surface area (Å²) in [6.45, 7) is 2.33. The summed E-state index contributed by atoms with van der Waals surface area (Å²) in [5.41, 5.74) is 3.03. The van der Waals surface area contributed by atoms with Gasteiger partial charge in [-0.3, -0.25) is 23.9 Å². The van der Waals surface area contributed by atoms with E-state index in [1.807, 2.05) is 67.6 Å². The van der Waals surface area contributed by atoms with Gasteiger partial charge in [0.25, 0.3) is 5.91 Å². The third-order valence-electron chi connectivity index (χ3n) is 11.4. The second-order valence-corrected chi connectivity index (χ2v) is 18.5. The van der Waals surface area contributed by atoms with E-state index in [-0.39, 0.29) is 30.5 Å². The molecule has 14 nitrogen and oxygen atoms in total. The van der Waals surface area contributed by atoms with Crippen molar-refractivity contribution in [2.45, 2.75) is 120 Å². The number of pyridine rings is 1. The molecule has 4 atom stereocenters.